The van der Waals surface area contributed by atoms with Crippen LogP contribution in [0.1, 0.15) is 52.0 Å². The average Bonchev–Trinajstić information content (AvgIpc) is 3.01. The summed E-state index contributed by atoms with van der Waals surface area (Å²) in [6, 6.07) is 4.35. The van der Waals surface area contributed by atoms with Crippen LogP contribution in [0, 0.1) is 5.92 Å². The number of carbonyl (C=O) groups is 4. The summed E-state index contributed by atoms with van der Waals surface area (Å²) in [5.41, 5.74) is 7.93. The number of hydrogen-bond donors (Lipinski definition) is 2. The quantitative estimate of drug-likeness (QED) is 0.712. The third kappa shape index (κ3) is 2.51. The van der Waals surface area contributed by atoms with Gasteiger partial charge in [0.1, 0.15) is 6.04 Å². The standard InChI is InChI=1S/C20H22N4O4/c21-20-6-5-12(20)9-23(10-20)8-11-1-2-13-14(7-11)19(28)24(18(13)27)15-3-4-16(25)22-17(15)26/h1-2,7,12,15H,3-6,8-10,21H2,(H,22,25,26)/t12-,15?,20-/m0/s1. The number of benzene rings is 1. The predicted molar refractivity (Wildman–Crippen MR) is 98.0 cm³/mol. The summed E-state index contributed by atoms with van der Waals surface area (Å²) in [7, 11) is 0. The van der Waals surface area contributed by atoms with E-state index in [1.165, 1.54) is 6.42 Å². The molecule has 3 aliphatic heterocycles. The molecule has 1 unspecified atom stereocenters. The Kier molecular flexibility index (Phi) is 3.73. The fourth-order valence-electron chi connectivity index (χ4n) is 4.99. The van der Waals surface area contributed by atoms with Gasteiger partial charge in [-0.25, -0.2) is 0 Å². The summed E-state index contributed by atoms with van der Waals surface area (Å²) in [6.45, 7) is 2.50. The molecule has 5 rings (SSSR count). The maximum atomic E-state index is 12.9. The van der Waals surface area contributed by atoms with Crippen LogP contribution in [0.2, 0.25) is 0 Å². The lowest BCUT2D eigenvalue weighted by Crippen LogP contribution is -2.54. The number of likely N-dealkylation sites (tertiary alicyclic amines) is 1. The Hall–Kier alpha value is -2.58. The second-order valence-corrected chi connectivity index (χ2v) is 8.47. The van der Waals surface area contributed by atoms with Gasteiger partial charge in [-0.05, 0) is 42.9 Å². The van der Waals surface area contributed by atoms with Crippen molar-refractivity contribution in [1.29, 1.82) is 0 Å². The van der Waals surface area contributed by atoms with Crippen molar-refractivity contribution in [3.8, 4) is 0 Å². The van der Waals surface area contributed by atoms with Gasteiger partial charge in [0.05, 0.1) is 11.1 Å². The van der Waals surface area contributed by atoms with Gasteiger partial charge in [-0.2, -0.15) is 0 Å². The first kappa shape index (κ1) is 17.5. The minimum Gasteiger partial charge on any atom is -0.324 e. The van der Waals surface area contributed by atoms with Crippen LogP contribution in [0.3, 0.4) is 0 Å². The summed E-state index contributed by atoms with van der Waals surface area (Å²) in [5.74, 6) is -1.35. The molecule has 1 aliphatic carbocycles. The summed E-state index contributed by atoms with van der Waals surface area (Å²) in [4.78, 5) is 52.4. The number of piperidine rings is 1. The first-order valence-electron chi connectivity index (χ1n) is 9.71. The van der Waals surface area contributed by atoms with E-state index in [4.69, 9.17) is 5.73 Å². The van der Waals surface area contributed by atoms with Crippen LogP contribution in [0.4, 0.5) is 0 Å². The molecule has 1 aromatic carbocycles. The third-order valence-corrected chi connectivity index (χ3v) is 6.68. The van der Waals surface area contributed by atoms with Crippen molar-refractivity contribution < 1.29 is 19.2 Å². The zero-order chi connectivity index (χ0) is 19.6. The Labute approximate surface area is 162 Å². The lowest BCUT2D eigenvalue weighted by Gasteiger charge is -2.40. The Morgan fingerprint density at radius 2 is 1.89 bits per heavy atom. The maximum Gasteiger partial charge on any atom is 0.262 e. The van der Waals surface area contributed by atoms with Gasteiger partial charge in [0.2, 0.25) is 11.8 Å². The molecular formula is C20H22N4O4. The molecular weight excluding hydrogens is 360 g/mol. The van der Waals surface area contributed by atoms with Crippen LogP contribution >= 0.6 is 0 Å². The Balaban J connectivity index is 1.36. The Morgan fingerprint density at radius 3 is 2.54 bits per heavy atom. The van der Waals surface area contributed by atoms with Crippen LogP contribution in [0.25, 0.3) is 0 Å². The lowest BCUT2D eigenvalue weighted by atomic mass is 9.70. The molecule has 4 aliphatic rings. The molecule has 0 bridgehead atoms. The fraction of sp³-hybridized carbons (Fsp3) is 0.500. The highest BCUT2D eigenvalue weighted by Gasteiger charge is 2.50. The number of nitrogens with zero attached hydrogens (tertiary/aromatic N) is 2. The number of nitrogens with one attached hydrogen (secondary N) is 1. The van der Waals surface area contributed by atoms with Gasteiger partial charge in [0.15, 0.2) is 0 Å². The first-order valence-corrected chi connectivity index (χ1v) is 9.71. The molecule has 146 valence electrons. The minimum atomic E-state index is -0.931. The number of imide groups is 2. The van der Waals surface area contributed by atoms with Crippen molar-refractivity contribution in [2.24, 2.45) is 11.7 Å². The zero-order valence-electron chi connectivity index (χ0n) is 15.4. The first-order chi connectivity index (χ1) is 13.4. The number of amides is 4. The van der Waals surface area contributed by atoms with E-state index in [1.807, 2.05) is 6.07 Å². The smallest absolute Gasteiger partial charge is 0.262 e. The molecule has 4 amide bonds. The topological polar surface area (TPSA) is 113 Å². The van der Waals surface area contributed by atoms with E-state index < -0.39 is 23.8 Å². The SMILES string of the molecule is N[C@]12CC[C@H]1CN(Cc1ccc3c(c1)C(=O)N(C1CCC(=O)NC1=O)C3=O)C2. The highest BCUT2D eigenvalue weighted by molar-refractivity contribution is 6.23. The van der Waals surface area contributed by atoms with Crippen molar-refractivity contribution >= 4 is 23.6 Å². The Morgan fingerprint density at radius 1 is 1.11 bits per heavy atom. The van der Waals surface area contributed by atoms with E-state index in [9.17, 15) is 19.2 Å². The molecule has 8 heteroatoms. The van der Waals surface area contributed by atoms with Gasteiger partial charge in [-0.1, -0.05) is 6.07 Å². The van der Waals surface area contributed by atoms with E-state index in [1.54, 1.807) is 12.1 Å². The number of carbonyl (C=O) groups excluding carboxylic acids is 4. The Bertz CT molecular complexity index is 929. The molecule has 1 aromatic rings. The van der Waals surface area contributed by atoms with Gasteiger partial charge in [0, 0.05) is 31.6 Å². The number of nitrogens with two attached hydrogens (primary N) is 1. The fourth-order valence-corrected chi connectivity index (χ4v) is 4.99. The van der Waals surface area contributed by atoms with Gasteiger partial charge in [0.25, 0.3) is 11.8 Å². The molecule has 2 saturated heterocycles. The lowest BCUT2D eigenvalue weighted by molar-refractivity contribution is -0.136. The van der Waals surface area contributed by atoms with Crippen molar-refractivity contribution in [3.05, 3.63) is 34.9 Å². The molecule has 3 fully saturated rings. The molecule has 0 radical (unpaired) electrons. The predicted octanol–water partition coefficient (Wildman–Crippen LogP) is 0.0109. The number of fused-ring (bicyclic) bond motifs is 2. The highest BCUT2D eigenvalue weighted by Crippen LogP contribution is 2.42. The summed E-state index contributed by atoms with van der Waals surface area (Å²) < 4.78 is 0. The van der Waals surface area contributed by atoms with Crippen LogP contribution in [-0.2, 0) is 16.1 Å². The number of rotatable bonds is 3. The van der Waals surface area contributed by atoms with E-state index in [0.717, 1.165) is 30.0 Å². The van der Waals surface area contributed by atoms with Crippen molar-refractivity contribution in [2.45, 2.75) is 43.8 Å². The maximum absolute atomic E-state index is 12.9. The van der Waals surface area contributed by atoms with E-state index in [-0.39, 0.29) is 24.3 Å². The number of hydrogen-bond acceptors (Lipinski definition) is 6. The van der Waals surface area contributed by atoms with Crippen molar-refractivity contribution in [2.75, 3.05) is 13.1 Å². The summed E-state index contributed by atoms with van der Waals surface area (Å²) >= 11 is 0. The minimum absolute atomic E-state index is 0.0644. The second-order valence-electron chi connectivity index (χ2n) is 8.47. The van der Waals surface area contributed by atoms with Crippen LogP contribution < -0.4 is 11.1 Å². The van der Waals surface area contributed by atoms with Crippen LogP contribution in [0.15, 0.2) is 18.2 Å². The monoisotopic (exact) mass is 382 g/mol. The highest BCUT2D eigenvalue weighted by atomic mass is 16.2. The largest absolute Gasteiger partial charge is 0.324 e. The van der Waals surface area contributed by atoms with Gasteiger partial charge in [-0.3, -0.25) is 34.3 Å². The van der Waals surface area contributed by atoms with E-state index >= 15 is 0 Å². The van der Waals surface area contributed by atoms with Crippen molar-refractivity contribution in [1.82, 2.24) is 15.1 Å². The van der Waals surface area contributed by atoms with Gasteiger partial charge in [-0.15, -0.1) is 0 Å². The summed E-state index contributed by atoms with van der Waals surface area (Å²) in [6.07, 6.45) is 2.51. The van der Waals surface area contributed by atoms with Crippen LogP contribution in [0.5, 0.6) is 0 Å². The molecule has 28 heavy (non-hydrogen) atoms. The van der Waals surface area contributed by atoms with E-state index in [2.05, 4.69) is 10.2 Å². The molecule has 3 atom stereocenters. The molecule has 8 nitrogen and oxygen atoms in total. The van der Waals surface area contributed by atoms with Crippen LogP contribution in [-0.4, -0.2) is 58.1 Å². The molecule has 3 heterocycles. The normalized spacial score (nSPS) is 32.2. The molecule has 0 aromatic heterocycles. The molecule has 1 saturated carbocycles. The van der Waals surface area contributed by atoms with Crippen molar-refractivity contribution in [3.63, 3.8) is 0 Å². The van der Waals surface area contributed by atoms with Gasteiger partial charge >= 0.3 is 0 Å². The van der Waals surface area contributed by atoms with E-state index in [0.29, 0.717) is 23.6 Å². The second kappa shape index (κ2) is 5.96. The zero-order valence-corrected chi connectivity index (χ0v) is 15.4. The molecule has 0 spiro atoms. The van der Waals surface area contributed by atoms with Gasteiger partial charge < -0.3 is 5.73 Å². The summed E-state index contributed by atoms with van der Waals surface area (Å²) in [5, 5.41) is 2.21. The molecule has 3 N–H and O–H groups in total. The average molecular weight is 382 g/mol. The third-order valence-electron chi connectivity index (χ3n) is 6.68.